The van der Waals surface area contributed by atoms with Gasteiger partial charge in [0.2, 0.25) is 0 Å². The number of alkyl halides is 3. The van der Waals surface area contributed by atoms with E-state index in [-0.39, 0.29) is 11.3 Å². The molecule has 2 N–H and O–H groups in total. The van der Waals surface area contributed by atoms with Crippen molar-refractivity contribution in [2.24, 2.45) is 5.41 Å². The van der Waals surface area contributed by atoms with Gasteiger partial charge in [0.1, 0.15) is 5.69 Å². The monoisotopic (exact) mass is 514 g/mol. The van der Waals surface area contributed by atoms with Gasteiger partial charge in [-0.05, 0) is 72.8 Å². The van der Waals surface area contributed by atoms with Gasteiger partial charge >= 0.3 is 6.18 Å². The number of nitrogens with zero attached hydrogens (tertiary/aromatic N) is 2. The lowest BCUT2D eigenvalue weighted by Gasteiger charge is -2.52. The first-order valence-corrected chi connectivity index (χ1v) is 12.6. The molecule has 6 rings (SSSR count). The number of carbonyl (C=O) groups excluding carboxylic acids is 1. The predicted octanol–water partition coefficient (Wildman–Crippen LogP) is 5.47. The molecule has 0 saturated carbocycles. The van der Waals surface area contributed by atoms with Gasteiger partial charge in [0.25, 0.3) is 5.91 Å². The predicted molar refractivity (Wildman–Crippen MR) is 139 cm³/mol. The number of aromatic amines is 1. The number of H-pyrrole nitrogens is 1. The highest BCUT2D eigenvalue weighted by Crippen LogP contribution is 2.37. The maximum absolute atomic E-state index is 13.4. The van der Waals surface area contributed by atoms with Gasteiger partial charge in [-0.15, -0.1) is 0 Å². The molecule has 2 aliphatic heterocycles. The van der Waals surface area contributed by atoms with E-state index in [1.54, 1.807) is 36.4 Å². The van der Waals surface area contributed by atoms with Gasteiger partial charge in [-0.3, -0.25) is 9.89 Å². The Hall–Kier alpha value is -4.09. The summed E-state index contributed by atoms with van der Waals surface area (Å²) in [6, 6.07) is 17.8. The minimum Gasteiger partial charge on any atom is -0.337 e. The second kappa shape index (κ2) is 9.34. The zero-order valence-electron chi connectivity index (χ0n) is 20.5. The van der Waals surface area contributed by atoms with Crippen molar-refractivity contribution >= 4 is 16.8 Å². The topological polar surface area (TPSA) is 61.0 Å². The molecule has 4 aromatic rings. The number of likely N-dealkylation sites (tertiary alicyclic amines) is 1. The van der Waals surface area contributed by atoms with Crippen LogP contribution in [0.5, 0.6) is 0 Å². The van der Waals surface area contributed by atoms with Gasteiger partial charge in [-0.2, -0.15) is 18.3 Å². The van der Waals surface area contributed by atoms with Gasteiger partial charge < -0.3 is 10.2 Å². The van der Waals surface area contributed by atoms with Crippen LogP contribution in [0.4, 0.5) is 13.2 Å². The highest BCUT2D eigenvalue weighted by molar-refractivity contribution is 5.99. The van der Waals surface area contributed by atoms with Crippen molar-refractivity contribution in [3.05, 3.63) is 89.1 Å². The van der Waals surface area contributed by atoms with E-state index in [4.69, 9.17) is 0 Å². The normalized spacial score (nSPS) is 16.7. The van der Waals surface area contributed by atoms with E-state index in [2.05, 4.69) is 27.4 Å². The zero-order valence-corrected chi connectivity index (χ0v) is 20.5. The molecule has 0 unspecified atom stereocenters. The minimum absolute atomic E-state index is 0.0164. The largest absolute Gasteiger partial charge is 0.416 e. The summed E-state index contributed by atoms with van der Waals surface area (Å²) >= 11 is 0. The highest BCUT2D eigenvalue weighted by atomic mass is 19.4. The third-order valence-electron chi connectivity index (χ3n) is 7.46. The van der Waals surface area contributed by atoms with Gasteiger partial charge in [0.05, 0.1) is 11.1 Å². The molecule has 0 radical (unpaired) electrons. The number of halogens is 3. The first kappa shape index (κ1) is 24.3. The van der Waals surface area contributed by atoms with E-state index in [1.165, 1.54) is 6.07 Å². The molecule has 192 valence electrons. The number of hydrogen-bond donors (Lipinski definition) is 2. The van der Waals surface area contributed by atoms with Crippen molar-refractivity contribution in [2.45, 2.75) is 19.0 Å². The van der Waals surface area contributed by atoms with E-state index in [0.717, 1.165) is 56.7 Å². The molecule has 2 saturated heterocycles. The van der Waals surface area contributed by atoms with Crippen LogP contribution in [-0.4, -0.2) is 47.2 Å². The molecule has 0 bridgehead atoms. The van der Waals surface area contributed by atoms with Crippen LogP contribution < -0.4 is 5.32 Å². The molecule has 0 atom stereocenters. The van der Waals surface area contributed by atoms with E-state index in [9.17, 15) is 18.0 Å². The molecule has 3 aromatic carbocycles. The Labute approximate surface area is 218 Å². The molecular formula is C30H25F3N4O. The average molecular weight is 515 g/mol. The van der Waals surface area contributed by atoms with Gasteiger partial charge in [-0.25, -0.2) is 0 Å². The lowest BCUT2D eigenvalue weighted by Crippen LogP contribution is -2.63. The van der Waals surface area contributed by atoms with Crippen LogP contribution in [0.2, 0.25) is 0 Å². The number of benzene rings is 3. The Kier molecular flexibility index (Phi) is 5.96. The Morgan fingerprint density at radius 1 is 1.00 bits per heavy atom. The SMILES string of the molecule is O=C(c1ccc2[nH]nc(C#Cc3ccc(C(F)(F)F)cc3-c3ccccc3)c2c1)N1CC2(CCCNC2)C1. The second-order valence-corrected chi connectivity index (χ2v) is 10.1. The van der Waals surface area contributed by atoms with Crippen LogP contribution in [0, 0.1) is 17.3 Å². The summed E-state index contributed by atoms with van der Waals surface area (Å²) in [4.78, 5) is 15.1. The maximum atomic E-state index is 13.4. The van der Waals surface area contributed by atoms with E-state index in [1.807, 2.05) is 17.0 Å². The molecule has 5 nitrogen and oxygen atoms in total. The van der Waals surface area contributed by atoms with Crippen LogP contribution in [0.15, 0.2) is 66.7 Å². The van der Waals surface area contributed by atoms with Crippen molar-refractivity contribution in [2.75, 3.05) is 26.2 Å². The first-order valence-electron chi connectivity index (χ1n) is 12.6. The Bertz CT molecular complexity index is 1570. The summed E-state index contributed by atoms with van der Waals surface area (Å²) in [6.45, 7) is 3.50. The molecular weight excluding hydrogens is 489 g/mol. The number of piperidine rings is 1. The molecule has 8 heteroatoms. The maximum Gasteiger partial charge on any atom is 0.416 e. The summed E-state index contributed by atoms with van der Waals surface area (Å²) in [5, 5.41) is 11.4. The molecule has 2 fully saturated rings. The van der Waals surface area contributed by atoms with Crippen LogP contribution in [0.25, 0.3) is 22.0 Å². The molecule has 1 amide bonds. The van der Waals surface area contributed by atoms with Gasteiger partial charge in [-0.1, -0.05) is 36.3 Å². The summed E-state index contributed by atoms with van der Waals surface area (Å²) in [6.07, 6.45) is -2.18. The Balaban J connectivity index is 1.30. The van der Waals surface area contributed by atoms with E-state index < -0.39 is 11.7 Å². The second-order valence-electron chi connectivity index (χ2n) is 10.1. The Morgan fingerprint density at radius 3 is 2.55 bits per heavy atom. The van der Waals surface area contributed by atoms with Gasteiger partial charge in [0.15, 0.2) is 0 Å². The molecule has 0 aliphatic carbocycles. The number of amides is 1. The fraction of sp³-hybridized carbons (Fsp3) is 0.267. The van der Waals surface area contributed by atoms with Crippen LogP contribution in [-0.2, 0) is 6.18 Å². The highest BCUT2D eigenvalue weighted by Gasteiger charge is 2.45. The zero-order chi connectivity index (χ0) is 26.3. The van der Waals surface area contributed by atoms with Crippen molar-refractivity contribution in [1.82, 2.24) is 20.4 Å². The minimum atomic E-state index is -4.46. The van der Waals surface area contributed by atoms with Crippen LogP contribution >= 0.6 is 0 Å². The number of nitrogens with one attached hydrogen (secondary N) is 2. The van der Waals surface area contributed by atoms with Crippen molar-refractivity contribution in [3.63, 3.8) is 0 Å². The quantitative estimate of drug-likeness (QED) is 0.349. The van der Waals surface area contributed by atoms with E-state index in [0.29, 0.717) is 33.3 Å². The summed E-state index contributed by atoms with van der Waals surface area (Å²) < 4.78 is 40.2. The third kappa shape index (κ3) is 4.54. The lowest BCUT2D eigenvalue weighted by molar-refractivity contribution is -0.137. The molecule has 3 heterocycles. The first-order chi connectivity index (χ1) is 18.3. The summed E-state index contributed by atoms with van der Waals surface area (Å²) in [5.74, 6) is 6.01. The fourth-order valence-corrected chi connectivity index (χ4v) is 5.44. The van der Waals surface area contributed by atoms with Gasteiger partial charge in [0, 0.05) is 41.6 Å². The number of carbonyl (C=O) groups is 1. The smallest absolute Gasteiger partial charge is 0.337 e. The standard InChI is InChI=1S/C30H25F3N4O/c31-30(32,33)23-10-7-21(24(16-23)20-5-2-1-3-6-20)8-11-26-25-15-22(9-12-27(25)36-35-26)28(38)37-18-29(19-37)13-4-14-34-17-29/h1-3,5-7,9-10,12,15-16,34H,4,13-14,17-19H2,(H,35,36). The lowest BCUT2D eigenvalue weighted by atomic mass is 9.74. The third-order valence-corrected chi connectivity index (χ3v) is 7.46. The number of rotatable bonds is 2. The van der Waals surface area contributed by atoms with Crippen LogP contribution in [0.1, 0.15) is 40.0 Å². The average Bonchev–Trinajstić information content (AvgIpc) is 3.32. The molecule has 2 aliphatic rings. The summed E-state index contributed by atoms with van der Waals surface area (Å²) in [7, 11) is 0. The van der Waals surface area contributed by atoms with Crippen molar-refractivity contribution < 1.29 is 18.0 Å². The van der Waals surface area contributed by atoms with Crippen molar-refractivity contribution in [3.8, 4) is 23.0 Å². The summed E-state index contributed by atoms with van der Waals surface area (Å²) in [5.41, 5.74) is 2.70. The Morgan fingerprint density at radius 2 is 1.82 bits per heavy atom. The van der Waals surface area contributed by atoms with E-state index >= 15 is 0 Å². The number of aromatic nitrogens is 2. The van der Waals surface area contributed by atoms with Crippen molar-refractivity contribution in [1.29, 1.82) is 0 Å². The van der Waals surface area contributed by atoms with Crippen LogP contribution in [0.3, 0.4) is 0 Å². The molecule has 1 spiro atoms. The number of hydrogen-bond acceptors (Lipinski definition) is 3. The molecule has 1 aromatic heterocycles. The fourth-order valence-electron chi connectivity index (χ4n) is 5.44. The molecule has 38 heavy (non-hydrogen) atoms. The number of fused-ring (bicyclic) bond motifs is 1.